The standard InChI is InChI=1S/C9H15NOS/c1-9(5-8-12(2)11)10-6-3-4-7-10/h3-4,6-7,9H,5,8H2,1-2H3. The van der Waals surface area contributed by atoms with E-state index in [0.717, 1.165) is 12.2 Å². The molecule has 1 aromatic heterocycles. The average molecular weight is 185 g/mol. The average Bonchev–Trinajstić information content (AvgIpc) is 2.51. The molecule has 0 fully saturated rings. The predicted octanol–water partition coefficient (Wildman–Crippen LogP) is 1.82. The van der Waals surface area contributed by atoms with Gasteiger partial charge in [-0.2, -0.15) is 0 Å². The SMILES string of the molecule is CC(CCS(C)=O)n1cccc1. The van der Waals surface area contributed by atoms with Crippen molar-refractivity contribution < 1.29 is 4.21 Å². The molecule has 0 aromatic carbocycles. The minimum Gasteiger partial charge on any atom is -0.352 e. The Morgan fingerprint density at radius 3 is 2.50 bits per heavy atom. The third-order valence-corrected chi connectivity index (χ3v) is 2.77. The molecule has 0 spiro atoms. The van der Waals surface area contributed by atoms with Crippen LogP contribution in [0.1, 0.15) is 19.4 Å². The third kappa shape index (κ3) is 2.81. The number of rotatable bonds is 4. The molecule has 0 bridgehead atoms. The van der Waals surface area contributed by atoms with Crippen LogP contribution >= 0.6 is 0 Å². The van der Waals surface area contributed by atoms with Crippen molar-refractivity contribution in [3.8, 4) is 0 Å². The molecular weight excluding hydrogens is 170 g/mol. The quantitative estimate of drug-likeness (QED) is 0.701. The fourth-order valence-corrected chi connectivity index (χ4v) is 1.80. The third-order valence-electron chi connectivity index (χ3n) is 1.96. The molecule has 1 heterocycles. The van der Waals surface area contributed by atoms with E-state index in [4.69, 9.17) is 0 Å². The lowest BCUT2D eigenvalue weighted by atomic mass is 10.2. The smallest absolute Gasteiger partial charge is 0.0311 e. The lowest BCUT2D eigenvalue weighted by molar-refractivity contribution is 0.534. The maximum atomic E-state index is 10.8. The van der Waals surface area contributed by atoms with Crippen molar-refractivity contribution in [2.24, 2.45) is 0 Å². The second kappa shape index (κ2) is 4.45. The van der Waals surface area contributed by atoms with E-state index >= 15 is 0 Å². The minimum atomic E-state index is -0.661. The Bertz CT molecular complexity index is 243. The van der Waals surface area contributed by atoms with Gasteiger partial charge in [-0.1, -0.05) is 0 Å². The summed E-state index contributed by atoms with van der Waals surface area (Å²) in [5.41, 5.74) is 0. The fraction of sp³-hybridized carbons (Fsp3) is 0.556. The first-order chi connectivity index (χ1) is 5.70. The molecule has 0 radical (unpaired) electrons. The number of nitrogens with zero attached hydrogens (tertiary/aromatic N) is 1. The van der Waals surface area contributed by atoms with Crippen LogP contribution in [0.5, 0.6) is 0 Å². The molecule has 0 aliphatic rings. The summed E-state index contributed by atoms with van der Waals surface area (Å²) in [5, 5.41) is 0. The van der Waals surface area contributed by atoms with E-state index in [1.807, 2.05) is 24.5 Å². The topological polar surface area (TPSA) is 22.0 Å². The summed E-state index contributed by atoms with van der Waals surface area (Å²) in [6.07, 6.45) is 6.83. The van der Waals surface area contributed by atoms with Crippen LogP contribution in [0.3, 0.4) is 0 Å². The zero-order chi connectivity index (χ0) is 8.97. The highest BCUT2D eigenvalue weighted by Crippen LogP contribution is 2.10. The second-order valence-electron chi connectivity index (χ2n) is 3.05. The lowest BCUT2D eigenvalue weighted by Crippen LogP contribution is -2.06. The number of hydrogen-bond acceptors (Lipinski definition) is 1. The van der Waals surface area contributed by atoms with Crippen LogP contribution in [0.2, 0.25) is 0 Å². The largest absolute Gasteiger partial charge is 0.352 e. The van der Waals surface area contributed by atoms with Gasteiger partial charge >= 0.3 is 0 Å². The molecule has 2 unspecified atom stereocenters. The van der Waals surface area contributed by atoms with E-state index < -0.39 is 10.8 Å². The van der Waals surface area contributed by atoms with Gasteiger partial charge in [-0.25, -0.2) is 0 Å². The van der Waals surface area contributed by atoms with Crippen molar-refractivity contribution in [3.05, 3.63) is 24.5 Å². The van der Waals surface area contributed by atoms with Crippen molar-refractivity contribution in [1.29, 1.82) is 0 Å². The molecule has 3 heteroatoms. The van der Waals surface area contributed by atoms with E-state index in [-0.39, 0.29) is 0 Å². The minimum absolute atomic E-state index is 0.462. The Balaban J connectivity index is 2.39. The normalized spacial score (nSPS) is 15.8. The van der Waals surface area contributed by atoms with Crippen molar-refractivity contribution in [2.45, 2.75) is 19.4 Å². The van der Waals surface area contributed by atoms with Crippen molar-refractivity contribution in [3.63, 3.8) is 0 Å². The van der Waals surface area contributed by atoms with Gasteiger partial charge in [0.2, 0.25) is 0 Å². The summed E-state index contributed by atoms with van der Waals surface area (Å²) < 4.78 is 13.0. The highest BCUT2D eigenvalue weighted by atomic mass is 32.2. The molecule has 0 aliphatic heterocycles. The maximum absolute atomic E-state index is 10.8. The predicted molar refractivity (Wildman–Crippen MR) is 52.7 cm³/mol. The molecule has 0 saturated carbocycles. The summed E-state index contributed by atoms with van der Waals surface area (Å²) in [4.78, 5) is 0. The van der Waals surface area contributed by atoms with E-state index in [2.05, 4.69) is 11.5 Å². The molecule has 68 valence electrons. The molecule has 2 nitrogen and oxygen atoms in total. The summed E-state index contributed by atoms with van der Waals surface area (Å²) >= 11 is 0. The van der Waals surface area contributed by atoms with Gasteiger partial charge in [0.05, 0.1) is 0 Å². The van der Waals surface area contributed by atoms with Crippen LogP contribution in [0.4, 0.5) is 0 Å². The van der Waals surface area contributed by atoms with Gasteiger partial charge in [-0.15, -0.1) is 0 Å². The Kier molecular flexibility index (Phi) is 3.53. The Labute approximate surface area is 76.0 Å². The van der Waals surface area contributed by atoms with E-state index in [1.165, 1.54) is 0 Å². The highest BCUT2D eigenvalue weighted by Gasteiger charge is 2.03. The van der Waals surface area contributed by atoms with Crippen molar-refractivity contribution in [1.82, 2.24) is 4.57 Å². The zero-order valence-corrected chi connectivity index (χ0v) is 8.38. The van der Waals surface area contributed by atoms with Gasteiger partial charge in [0.15, 0.2) is 0 Å². The van der Waals surface area contributed by atoms with Crippen molar-refractivity contribution in [2.75, 3.05) is 12.0 Å². The van der Waals surface area contributed by atoms with Gasteiger partial charge < -0.3 is 4.57 Å². The Morgan fingerprint density at radius 2 is 2.00 bits per heavy atom. The van der Waals surface area contributed by atoms with Gasteiger partial charge in [0, 0.05) is 41.2 Å². The molecule has 2 atom stereocenters. The van der Waals surface area contributed by atoms with Crippen LogP contribution in [-0.2, 0) is 10.8 Å². The second-order valence-corrected chi connectivity index (χ2v) is 4.60. The van der Waals surface area contributed by atoms with Crippen LogP contribution in [0, 0.1) is 0 Å². The van der Waals surface area contributed by atoms with Gasteiger partial charge in [-0.05, 0) is 25.5 Å². The molecule has 0 aliphatic carbocycles. The van der Waals surface area contributed by atoms with Crippen LogP contribution in [0.25, 0.3) is 0 Å². The molecular formula is C9H15NOS. The van der Waals surface area contributed by atoms with E-state index in [0.29, 0.717) is 6.04 Å². The number of aromatic nitrogens is 1. The number of hydrogen-bond donors (Lipinski definition) is 0. The first-order valence-electron chi connectivity index (χ1n) is 4.12. The fourth-order valence-electron chi connectivity index (χ4n) is 1.13. The van der Waals surface area contributed by atoms with Crippen LogP contribution in [0.15, 0.2) is 24.5 Å². The lowest BCUT2D eigenvalue weighted by Gasteiger charge is -2.11. The summed E-state index contributed by atoms with van der Waals surface area (Å²) in [7, 11) is -0.661. The highest BCUT2D eigenvalue weighted by molar-refractivity contribution is 7.84. The Morgan fingerprint density at radius 1 is 1.42 bits per heavy atom. The first-order valence-corrected chi connectivity index (χ1v) is 5.85. The zero-order valence-electron chi connectivity index (χ0n) is 7.56. The molecule has 0 N–H and O–H groups in total. The Hall–Kier alpha value is -0.570. The molecule has 0 saturated heterocycles. The van der Waals surface area contributed by atoms with E-state index in [9.17, 15) is 4.21 Å². The molecule has 0 amide bonds. The summed E-state index contributed by atoms with van der Waals surface area (Å²) in [6, 6.07) is 4.49. The van der Waals surface area contributed by atoms with Crippen LogP contribution < -0.4 is 0 Å². The molecule has 12 heavy (non-hydrogen) atoms. The summed E-state index contributed by atoms with van der Waals surface area (Å²) in [5.74, 6) is 0.791. The van der Waals surface area contributed by atoms with Gasteiger partial charge in [0.1, 0.15) is 0 Å². The van der Waals surface area contributed by atoms with Gasteiger partial charge in [-0.3, -0.25) is 4.21 Å². The monoisotopic (exact) mass is 185 g/mol. The summed E-state index contributed by atoms with van der Waals surface area (Å²) in [6.45, 7) is 2.15. The molecule has 1 rings (SSSR count). The van der Waals surface area contributed by atoms with Crippen LogP contribution in [-0.4, -0.2) is 20.8 Å². The molecule has 1 aromatic rings. The first kappa shape index (κ1) is 9.52. The maximum Gasteiger partial charge on any atom is 0.0311 e. The van der Waals surface area contributed by atoms with Gasteiger partial charge in [0.25, 0.3) is 0 Å². The van der Waals surface area contributed by atoms with E-state index in [1.54, 1.807) is 6.26 Å². The van der Waals surface area contributed by atoms with Crippen molar-refractivity contribution >= 4 is 10.8 Å².